The second kappa shape index (κ2) is 6.57. The van der Waals surface area contributed by atoms with E-state index >= 15 is 0 Å². The average molecular weight is 265 g/mol. The Morgan fingerprint density at radius 1 is 1.32 bits per heavy atom. The van der Waals surface area contributed by atoms with E-state index in [2.05, 4.69) is 5.32 Å². The summed E-state index contributed by atoms with van der Waals surface area (Å²) in [5.74, 6) is 0.607. The van der Waals surface area contributed by atoms with Gasteiger partial charge in [0.2, 0.25) is 0 Å². The molecule has 1 aromatic carbocycles. The summed E-state index contributed by atoms with van der Waals surface area (Å²) in [6, 6.07) is 7.05. The molecule has 106 valence electrons. The number of carbonyl (C=O) groups is 1. The van der Waals surface area contributed by atoms with Gasteiger partial charge >= 0.3 is 0 Å². The number of hydrogen-bond acceptors (Lipinski definition) is 3. The van der Waals surface area contributed by atoms with Gasteiger partial charge < -0.3 is 15.2 Å². The Balaban J connectivity index is 2.68. The third kappa shape index (κ3) is 5.30. The Morgan fingerprint density at radius 3 is 2.37 bits per heavy atom. The molecule has 0 aliphatic heterocycles. The van der Waals surface area contributed by atoms with Crippen LogP contribution >= 0.6 is 0 Å². The van der Waals surface area contributed by atoms with Crippen molar-refractivity contribution in [3.63, 3.8) is 0 Å². The van der Waals surface area contributed by atoms with Crippen molar-refractivity contribution >= 4 is 5.91 Å². The lowest BCUT2D eigenvalue weighted by molar-refractivity contribution is 0.0899. The molecule has 0 unspecified atom stereocenters. The first-order chi connectivity index (χ1) is 8.84. The second-order valence-corrected chi connectivity index (χ2v) is 5.50. The van der Waals surface area contributed by atoms with Crippen molar-refractivity contribution < 1.29 is 14.6 Å². The number of rotatable bonds is 6. The molecule has 1 amide bonds. The SMILES string of the molecule is CC(C)Oc1ccc(C(=O)NC(C)(C)CCO)cc1. The summed E-state index contributed by atoms with van der Waals surface area (Å²) < 4.78 is 5.52. The normalized spacial score (nSPS) is 11.5. The fraction of sp³-hybridized carbons (Fsp3) is 0.533. The molecule has 0 fully saturated rings. The van der Waals surface area contributed by atoms with Gasteiger partial charge in [-0.1, -0.05) is 0 Å². The van der Waals surface area contributed by atoms with E-state index in [4.69, 9.17) is 9.84 Å². The van der Waals surface area contributed by atoms with Crippen LogP contribution < -0.4 is 10.1 Å². The Morgan fingerprint density at radius 2 is 1.89 bits per heavy atom. The van der Waals surface area contributed by atoms with Gasteiger partial charge in [0.25, 0.3) is 5.91 Å². The smallest absolute Gasteiger partial charge is 0.251 e. The zero-order valence-corrected chi connectivity index (χ0v) is 12.1. The summed E-state index contributed by atoms with van der Waals surface area (Å²) in [7, 11) is 0. The monoisotopic (exact) mass is 265 g/mol. The molecule has 0 heterocycles. The lowest BCUT2D eigenvalue weighted by Gasteiger charge is -2.25. The zero-order chi connectivity index (χ0) is 14.5. The highest BCUT2D eigenvalue weighted by Gasteiger charge is 2.20. The van der Waals surface area contributed by atoms with Crippen LogP contribution in [0.5, 0.6) is 5.75 Å². The van der Waals surface area contributed by atoms with Gasteiger partial charge in [-0.3, -0.25) is 4.79 Å². The Kier molecular flexibility index (Phi) is 5.36. The molecular weight excluding hydrogens is 242 g/mol. The minimum Gasteiger partial charge on any atom is -0.491 e. The van der Waals surface area contributed by atoms with Crippen LogP contribution in [0.15, 0.2) is 24.3 Å². The largest absolute Gasteiger partial charge is 0.491 e. The molecule has 4 nitrogen and oxygen atoms in total. The van der Waals surface area contributed by atoms with E-state index < -0.39 is 5.54 Å². The van der Waals surface area contributed by atoms with Crippen LogP contribution in [0.3, 0.4) is 0 Å². The number of carbonyl (C=O) groups excluding carboxylic acids is 1. The highest BCUT2D eigenvalue weighted by atomic mass is 16.5. The number of amides is 1. The van der Waals surface area contributed by atoms with E-state index in [1.54, 1.807) is 24.3 Å². The predicted molar refractivity (Wildman–Crippen MR) is 75.5 cm³/mol. The van der Waals surface area contributed by atoms with Crippen LogP contribution in [0.1, 0.15) is 44.5 Å². The molecule has 0 aliphatic carbocycles. The Labute approximate surface area is 114 Å². The van der Waals surface area contributed by atoms with Crippen LogP contribution in [0, 0.1) is 0 Å². The molecule has 0 saturated heterocycles. The molecule has 1 rings (SSSR count). The van der Waals surface area contributed by atoms with E-state index in [0.717, 1.165) is 5.75 Å². The van der Waals surface area contributed by atoms with Gasteiger partial charge in [-0.25, -0.2) is 0 Å². The maximum Gasteiger partial charge on any atom is 0.251 e. The number of benzene rings is 1. The summed E-state index contributed by atoms with van der Waals surface area (Å²) in [5, 5.41) is 11.8. The van der Waals surface area contributed by atoms with Crippen molar-refractivity contribution in [3.8, 4) is 5.75 Å². The van der Waals surface area contributed by atoms with E-state index in [1.807, 2.05) is 27.7 Å². The highest BCUT2D eigenvalue weighted by molar-refractivity contribution is 5.94. The molecule has 2 N–H and O–H groups in total. The van der Waals surface area contributed by atoms with E-state index in [9.17, 15) is 4.79 Å². The van der Waals surface area contributed by atoms with Gasteiger partial charge in [-0.15, -0.1) is 0 Å². The number of hydrogen-bond donors (Lipinski definition) is 2. The highest BCUT2D eigenvalue weighted by Crippen LogP contribution is 2.15. The molecule has 0 aliphatic rings. The minimum absolute atomic E-state index is 0.0500. The van der Waals surface area contributed by atoms with Gasteiger partial charge in [-0.05, 0) is 58.4 Å². The van der Waals surface area contributed by atoms with Crippen LogP contribution in [0.4, 0.5) is 0 Å². The third-order valence-electron chi connectivity index (χ3n) is 2.68. The van der Waals surface area contributed by atoms with E-state index in [-0.39, 0.29) is 18.6 Å². The molecule has 0 bridgehead atoms. The fourth-order valence-electron chi connectivity index (χ4n) is 1.68. The van der Waals surface area contributed by atoms with Crippen molar-refractivity contribution in [2.45, 2.75) is 45.8 Å². The van der Waals surface area contributed by atoms with Crippen molar-refractivity contribution in [1.82, 2.24) is 5.32 Å². The summed E-state index contributed by atoms with van der Waals surface area (Å²) in [4.78, 5) is 12.0. The second-order valence-electron chi connectivity index (χ2n) is 5.50. The van der Waals surface area contributed by atoms with E-state index in [1.165, 1.54) is 0 Å². The maximum absolute atomic E-state index is 12.0. The van der Waals surface area contributed by atoms with Crippen LogP contribution in [-0.4, -0.2) is 29.3 Å². The molecular formula is C15H23NO3. The molecule has 4 heteroatoms. The van der Waals surface area contributed by atoms with Crippen molar-refractivity contribution in [3.05, 3.63) is 29.8 Å². The molecule has 0 saturated carbocycles. The van der Waals surface area contributed by atoms with Crippen molar-refractivity contribution in [2.75, 3.05) is 6.61 Å². The van der Waals surface area contributed by atoms with Crippen LogP contribution in [0.25, 0.3) is 0 Å². The maximum atomic E-state index is 12.0. The Bertz CT molecular complexity index is 410. The quantitative estimate of drug-likeness (QED) is 0.830. The third-order valence-corrected chi connectivity index (χ3v) is 2.68. The molecule has 0 radical (unpaired) electrons. The lowest BCUT2D eigenvalue weighted by Crippen LogP contribution is -2.44. The van der Waals surface area contributed by atoms with Gasteiger partial charge in [0.05, 0.1) is 6.10 Å². The summed E-state index contributed by atoms with van der Waals surface area (Å²) in [6.45, 7) is 7.74. The number of aliphatic hydroxyl groups is 1. The van der Waals surface area contributed by atoms with Gasteiger partial charge in [0.1, 0.15) is 5.75 Å². The van der Waals surface area contributed by atoms with Crippen molar-refractivity contribution in [1.29, 1.82) is 0 Å². The topological polar surface area (TPSA) is 58.6 Å². The average Bonchev–Trinajstić information content (AvgIpc) is 2.28. The van der Waals surface area contributed by atoms with Gasteiger partial charge in [0, 0.05) is 17.7 Å². The summed E-state index contributed by atoms with van der Waals surface area (Å²) in [6.07, 6.45) is 0.635. The molecule has 0 aromatic heterocycles. The first-order valence-electron chi connectivity index (χ1n) is 6.54. The molecule has 1 aromatic rings. The number of aliphatic hydroxyl groups excluding tert-OH is 1. The number of nitrogens with one attached hydrogen (secondary N) is 1. The van der Waals surface area contributed by atoms with Crippen LogP contribution in [-0.2, 0) is 0 Å². The Hall–Kier alpha value is -1.55. The lowest BCUT2D eigenvalue weighted by atomic mass is 10.0. The first kappa shape index (κ1) is 15.5. The van der Waals surface area contributed by atoms with Crippen LogP contribution in [0.2, 0.25) is 0 Å². The van der Waals surface area contributed by atoms with Gasteiger partial charge in [-0.2, -0.15) is 0 Å². The standard InChI is InChI=1S/C15H23NO3/c1-11(2)19-13-7-5-12(6-8-13)14(18)16-15(3,4)9-10-17/h5-8,11,17H,9-10H2,1-4H3,(H,16,18). The molecule has 19 heavy (non-hydrogen) atoms. The summed E-state index contributed by atoms with van der Waals surface area (Å²) in [5.41, 5.74) is 0.168. The zero-order valence-electron chi connectivity index (χ0n) is 12.1. The number of ether oxygens (including phenoxy) is 1. The van der Waals surface area contributed by atoms with Gasteiger partial charge in [0.15, 0.2) is 0 Å². The predicted octanol–water partition coefficient (Wildman–Crippen LogP) is 2.36. The van der Waals surface area contributed by atoms with Crippen molar-refractivity contribution in [2.24, 2.45) is 0 Å². The minimum atomic E-state index is -0.418. The molecule has 0 atom stereocenters. The van der Waals surface area contributed by atoms with E-state index in [0.29, 0.717) is 12.0 Å². The molecule has 0 spiro atoms. The summed E-state index contributed by atoms with van der Waals surface area (Å²) >= 11 is 0. The first-order valence-corrected chi connectivity index (χ1v) is 6.54. The fourth-order valence-corrected chi connectivity index (χ4v) is 1.68.